The van der Waals surface area contributed by atoms with E-state index in [2.05, 4.69) is 46.4 Å². The lowest BCUT2D eigenvalue weighted by Crippen LogP contribution is -2.15. The molecule has 0 spiro atoms. The Morgan fingerprint density at radius 3 is 2.33 bits per heavy atom. The number of carbonyl (C=O) groups excluding carboxylic acids is 1. The third kappa shape index (κ3) is 4.27. The Balaban J connectivity index is 1.46. The fourth-order valence-electron chi connectivity index (χ4n) is 3.10. The molecule has 4 aromatic rings. The highest BCUT2D eigenvalue weighted by atomic mass is 16.1. The van der Waals surface area contributed by atoms with Crippen LogP contribution < -0.4 is 10.6 Å². The number of fused-ring (bicyclic) bond motifs is 1. The number of hydrogen-bond acceptors (Lipinski definition) is 5. The Bertz CT molecular complexity index is 1170. The summed E-state index contributed by atoms with van der Waals surface area (Å²) in [4.78, 5) is 25.5. The molecule has 4 rings (SSSR count). The predicted molar refractivity (Wildman–Crippen MR) is 120 cm³/mol. The van der Waals surface area contributed by atoms with Gasteiger partial charge in [-0.25, -0.2) is 9.97 Å². The molecule has 150 valence electrons. The summed E-state index contributed by atoms with van der Waals surface area (Å²) in [6, 6.07) is 17.6. The molecule has 0 aliphatic heterocycles. The number of para-hydroxylation sites is 1. The van der Waals surface area contributed by atoms with Gasteiger partial charge < -0.3 is 10.6 Å². The van der Waals surface area contributed by atoms with Gasteiger partial charge >= 0.3 is 0 Å². The van der Waals surface area contributed by atoms with Gasteiger partial charge in [-0.3, -0.25) is 9.78 Å². The van der Waals surface area contributed by atoms with Gasteiger partial charge in [0.25, 0.3) is 5.91 Å². The summed E-state index contributed by atoms with van der Waals surface area (Å²) >= 11 is 0. The third-order valence-electron chi connectivity index (χ3n) is 4.79. The first-order valence-corrected chi connectivity index (χ1v) is 9.75. The van der Waals surface area contributed by atoms with Gasteiger partial charge in [0.2, 0.25) is 0 Å². The zero-order chi connectivity index (χ0) is 21.1. The molecule has 0 unspecified atom stereocenters. The molecule has 0 bridgehead atoms. The number of anilines is 3. The zero-order valence-corrected chi connectivity index (χ0v) is 17.2. The van der Waals surface area contributed by atoms with Crippen molar-refractivity contribution in [3.05, 3.63) is 84.4 Å². The maximum absolute atomic E-state index is 12.5. The Hall–Kier alpha value is -3.80. The molecule has 2 N–H and O–H groups in total. The van der Waals surface area contributed by atoms with E-state index in [1.807, 2.05) is 54.6 Å². The van der Waals surface area contributed by atoms with Gasteiger partial charge in [-0.05, 0) is 35.2 Å². The molecule has 0 saturated heterocycles. The van der Waals surface area contributed by atoms with Gasteiger partial charge in [0.1, 0.15) is 11.5 Å². The first-order chi connectivity index (χ1) is 14.4. The Labute approximate surface area is 175 Å². The summed E-state index contributed by atoms with van der Waals surface area (Å²) in [6.45, 7) is 6.46. The summed E-state index contributed by atoms with van der Waals surface area (Å²) in [5.41, 5.74) is 3.92. The summed E-state index contributed by atoms with van der Waals surface area (Å²) in [6.07, 6.45) is 4.75. The molecule has 0 aliphatic rings. The minimum Gasteiger partial charge on any atom is -0.337 e. The van der Waals surface area contributed by atoms with E-state index in [1.54, 1.807) is 12.4 Å². The highest BCUT2D eigenvalue weighted by Gasteiger charge is 2.14. The second-order valence-corrected chi connectivity index (χ2v) is 8.07. The van der Waals surface area contributed by atoms with Crippen LogP contribution in [0.5, 0.6) is 0 Å². The predicted octanol–water partition coefficient (Wildman–Crippen LogP) is 5.32. The lowest BCUT2D eigenvalue weighted by atomic mass is 9.87. The van der Waals surface area contributed by atoms with Crippen LogP contribution in [0.4, 0.5) is 17.2 Å². The molecule has 1 amide bonds. The van der Waals surface area contributed by atoms with Crippen molar-refractivity contribution in [3.8, 4) is 0 Å². The van der Waals surface area contributed by atoms with Gasteiger partial charge in [0.05, 0.1) is 23.6 Å². The topological polar surface area (TPSA) is 79.8 Å². The van der Waals surface area contributed by atoms with E-state index in [0.29, 0.717) is 5.82 Å². The van der Waals surface area contributed by atoms with Crippen molar-refractivity contribution in [1.82, 2.24) is 15.0 Å². The van der Waals surface area contributed by atoms with E-state index in [1.165, 1.54) is 11.8 Å². The highest BCUT2D eigenvalue weighted by molar-refractivity contribution is 6.02. The molecule has 2 aromatic carbocycles. The fourth-order valence-corrected chi connectivity index (χ4v) is 3.10. The Kier molecular flexibility index (Phi) is 5.14. The molecule has 0 aliphatic carbocycles. The zero-order valence-electron chi connectivity index (χ0n) is 17.2. The van der Waals surface area contributed by atoms with E-state index in [9.17, 15) is 4.79 Å². The minimum absolute atomic E-state index is 0.0659. The smallest absolute Gasteiger partial charge is 0.275 e. The first-order valence-electron chi connectivity index (χ1n) is 9.75. The van der Waals surface area contributed by atoms with Crippen LogP contribution in [0.2, 0.25) is 0 Å². The number of nitrogens with one attached hydrogen (secondary N) is 2. The van der Waals surface area contributed by atoms with Crippen molar-refractivity contribution >= 4 is 34.0 Å². The van der Waals surface area contributed by atoms with Crippen molar-refractivity contribution in [2.45, 2.75) is 26.2 Å². The van der Waals surface area contributed by atoms with Gasteiger partial charge in [0.15, 0.2) is 0 Å². The SMILES string of the molecule is CC(C)(C)c1ccc(NC(=O)c2cnc(Nc3cccc4cccnc34)cn2)cc1. The van der Waals surface area contributed by atoms with E-state index >= 15 is 0 Å². The average molecular weight is 397 g/mol. The van der Waals surface area contributed by atoms with Crippen molar-refractivity contribution in [2.24, 2.45) is 0 Å². The van der Waals surface area contributed by atoms with Crippen LogP contribution in [0.15, 0.2) is 73.2 Å². The normalized spacial score (nSPS) is 11.3. The van der Waals surface area contributed by atoms with Crippen molar-refractivity contribution in [3.63, 3.8) is 0 Å². The van der Waals surface area contributed by atoms with Crippen LogP contribution >= 0.6 is 0 Å². The molecule has 2 heterocycles. The molecule has 30 heavy (non-hydrogen) atoms. The quantitative estimate of drug-likeness (QED) is 0.487. The number of pyridine rings is 1. The number of carbonyl (C=O) groups is 1. The van der Waals surface area contributed by atoms with Crippen LogP contribution in [-0.4, -0.2) is 20.9 Å². The molecule has 0 fully saturated rings. The van der Waals surface area contributed by atoms with Gasteiger partial charge in [0, 0.05) is 17.3 Å². The molecule has 0 atom stereocenters. The molecular weight excluding hydrogens is 374 g/mol. The van der Waals surface area contributed by atoms with Gasteiger partial charge in [-0.15, -0.1) is 0 Å². The summed E-state index contributed by atoms with van der Waals surface area (Å²) in [5, 5.41) is 7.11. The number of amides is 1. The number of rotatable bonds is 4. The molecule has 6 heteroatoms. The van der Waals surface area contributed by atoms with Gasteiger partial charge in [-0.2, -0.15) is 0 Å². The number of benzene rings is 2. The van der Waals surface area contributed by atoms with E-state index in [-0.39, 0.29) is 17.0 Å². The molecule has 6 nitrogen and oxygen atoms in total. The average Bonchev–Trinajstić information content (AvgIpc) is 2.74. The largest absolute Gasteiger partial charge is 0.337 e. The fraction of sp³-hybridized carbons (Fsp3) is 0.167. The van der Waals surface area contributed by atoms with Crippen molar-refractivity contribution < 1.29 is 4.79 Å². The first kappa shape index (κ1) is 19.5. The van der Waals surface area contributed by atoms with Crippen molar-refractivity contribution in [1.29, 1.82) is 0 Å². The second kappa shape index (κ2) is 7.91. The molecular formula is C24H23N5O. The highest BCUT2D eigenvalue weighted by Crippen LogP contribution is 2.24. The van der Waals surface area contributed by atoms with Crippen LogP contribution in [0.3, 0.4) is 0 Å². The number of hydrogen-bond donors (Lipinski definition) is 2. The standard InChI is InChI=1S/C24H23N5O/c1-24(2,3)17-9-11-18(12-10-17)28-23(30)20-14-27-21(15-26-20)29-19-8-4-6-16-7-5-13-25-22(16)19/h4-15H,1-3H3,(H,27,29)(H,28,30). The van der Waals surface area contributed by atoms with Crippen LogP contribution in [0.25, 0.3) is 10.9 Å². The minimum atomic E-state index is -0.301. The maximum atomic E-state index is 12.5. The van der Waals surface area contributed by atoms with Gasteiger partial charge in [-0.1, -0.05) is 51.1 Å². The number of nitrogens with zero attached hydrogens (tertiary/aromatic N) is 3. The molecule has 0 radical (unpaired) electrons. The summed E-state index contributed by atoms with van der Waals surface area (Å²) in [7, 11) is 0. The summed E-state index contributed by atoms with van der Waals surface area (Å²) in [5.74, 6) is 0.239. The van der Waals surface area contributed by atoms with E-state index in [4.69, 9.17) is 0 Å². The van der Waals surface area contributed by atoms with Crippen LogP contribution in [0.1, 0.15) is 36.8 Å². The lowest BCUT2D eigenvalue weighted by Gasteiger charge is -2.19. The Morgan fingerprint density at radius 2 is 1.63 bits per heavy atom. The van der Waals surface area contributed by atoms with E-state index < -0.39 is 0 Å². The molecule has 2 aromatic heterocycles. The Morgan fingerprint density at radius 1 is 0.867 bits per heavy atom. The lowest BCUT2D eigenvalue weighted by molar-refractivity contribution is 0.102. The monoisotopic (exact) mass is 397 g/mol. The summed E-state index contributed by atoms with van der Waals surface area (Å²) < 4.78 is 0. The number of aromatic nitrogens is 3. The van der Waals surface area contributed by atoms with Crippen LogP contribution in [0, 0.1) is 0 Å². The molecule has 0 saturated carbocycles. The van der Waals surface area contributed by atoms with Crippen LogP contribution in [-0.2, 0) is 5.41 Å². The maximum Gasteiger partial charge on any atom is 0.275 e. The third-order valence-corrected chi connectivity index (χ3v) is 4.79. The second-order valence-electron chi connectivity index (χ2n) is 8.07. The van der Waals surface area contributed by atoms with E-state index in [0.717, 1.165) is 22.3 Å². The van der Waals surface area contributed by atoms with Crippen molar-refractivity contribution in [2.75, 3.05) is 10.6 Å².